The van der Waals surface area contributed by atoms with Crippen molar-refractivity contribution in [3.63, 3.8) is 0 Å². The third kappa shape index (κ3) is 4.31. The van der Waals surface area contributed by atoms with E-state index < -0.39 is 0 Å². The first kappa shape index (κ1) is 13.4. The van der Waals surface area contributed by atoms with Gasteiger partial charge in [-0.15, -0.1) is 0 Å². The smallest absolute Gasteiger partial charge is 0.119 e. The zero-order valence-electron chi connectivity index (χ0n) is 11.2. The van der Waals surface area contributed by atoms with E-state index in [1.807, 2.05) is 12.1 Å². The molecule has 1 aromatic rings. The van der Waals surface area contributed by atoms with E-state index in [1.54, 1.807) is 7.11 Å². The first-order valence-electron chi connectivity index (χ1n) is 6.82. The largest absolute Gasteiger partial charge is 0.494 e. The minimum absolute atomic E-state index is 0.642. The van der Waals surface area contributed by atoms with Gasteiger partial charge < -0.3 is 14.8 Å². The molecule has 18 heavy (non-hydrogen) atoms. The van der Waals surface area contributed by atoms with Crippen LogP contribution in [0, 0.1) is 0 Å². The Labute approximate surface area is 109 Å². The minimum Gasteiger partial charge on any atom is -0.494 e. The Bertz CT molecular complexity index is 348. The summed E-state index contributed by atoms with van der Waals surface area (Å²) in [7, 11) is 1.71. The number of benzene rings is 1. The van der Waals surface area contributed by atoms with Gasteiger partial charge in [0.2, 0.25) is 0 Å². The molecule has 1 heterocycles. The van der Waals surface area contributed by atoms with Crippen molar-refractivity contribution < 1.29 is 9.47 Å². The Morgan fingerprint density at radius 3 is 3.11 bits per heavy atom. The van der Waals surface area contributed by atoms with E-state index in [1.165, 1.54) is 25.8 Å². The average molecular weight is 249 g/mol. The van der Waals surface area contributed by atoms with E-state index in [0.29, 0.717) is 12.6 Å². The maximum atomic E-state index is 5.77. The molecule has 100 valence electrons. The molecule has 1 aliphatic rings. The van der Waals surface area contributed by atoms with E-state index in [4.69, 9.17) is 9.47 Å². The van der Waals surface area contributed by atoms with E-state index in [2.05, 4.69) is 17.4 Å². The van der Waals surface area contributed by atoms with E-state index in [0.717, 1.165) is 24.3 Å². The molecule has 1 aliphatic heterocycles. The van der Waals surface area contributed by atoms with Crippen LogP contribution in [0.1, 0.15) is 31.2 Å². The lowest BCUT2D eigenvalue weighted by Crippen LogP contribution is -2.21. The van der Waals surface area contributed by atoms with Gasteiger partial charge in [0.05, 0.1) is 13.2 Å². The summed E-state index contributed by atoms with van der Waals surface area (Å²) in [5, 5.41) is 3.51. The first-order chi connectivity index (χ1) is 8.88. The highest BCUT2D eigenvalue weighted by Crippen LogP contribution is 2.15. The summed E-state index contributed by atoms with van der Waals surface area (Å²) in [6, 6.07) is 8.85. The van der Waals surface area contributed by atoms with Gasteiger partial charge in [-0.2, -0.15) is 0 Å². The second-order valence-corrected chi connectivity index (χ2v) is 4.86. The molecule has 1 atom stereocenters. The maximum Gasteiger partial charge on any atom is 0.119 e. The van der Waals surface area contributed by atoms with Crippen molar-refractivity contribution >= 4 is 0 Å². The van der Waals surface area contributed by atoms with Gasteiger partial charge in [0.1, 0.15) is 5.75 Å². The van der Waals surface area contributed by atoms with Crippen LogP contribution < -0.4 is 10.1 Å². The second-order valence-electron chi connectivity index (χ2n) is 4.86. The molecule has 1 aromatic carbocycles. The van der Waals surface area contributed by atoms with Crippen molar-refractivity contribution in [1.29, 1.82) is 0 Å². The van der Waals surface area contributed by atoms with Gasteiger partial charge in [-0.05, 0) is 49.9 Å². The fourth-order valence-electron chi connectivity index (χ4n) is 2.41. The Hall–Kier alpha value is -1.06. The minimum atomic E-state index is 0.642. The topological polar surface area (TPSA) is 30.5 Å². The van der Waals surface area contributed by atoms with Crippen LogP contribution in [0.3, 0.4) is 0 Å². The van der Waals surface area contributed by atoms with Gasteiger partial charge in [-0.1, -0.05) is 12.1 Å². The van der Waals surface area contributed by atoms with E-state index in [-0.39, 0.29) is 0 Å². The Morgan fingerprint density at radius 2 is 2.33 bits per heavy atom. The standard InChI is InChI=1S/C15H23NO2/c1-17-12-13-5-2-8-15(11-13)18-10-4-7-14-6-3-9-16-14/h2,5,8,11,14,16H,3-4,6-7,9-10,12H2,1H3. The molecule has 0 radical (unpaired) electrons. The van der Waals surface area contributed by atoms with Gasteiger partial charge in [0.25, 0.3) is 0 Å². The van der Waals surface area contributed by atoms with Crippen LogP contribution in [0.5, 0.6) is 5.75 Å². The molecule has 3 nitrogen and oxygen atoms in total. The van der Waals surface area contributed by atoms with Gasteiger partial charge in [-0.3, -0.25) is 0 Å². The molecule has 1 saturated heterocycles. The van der Waals surface area contributed by atoms with Crippen LogP contribution in [-0.4, -0.2) is 26.3 Å². The van der Waals surface area contributed by atoms with Crippen molar-refractivity contribution in [3.8, 4) is 5.75 Å². The molecular formula is C15H23NO2. The number of rotatable bonds is 7. The Kier molecular flexibility index (Phi) is 5.49. The predicted molar refractivity (Wildman–Crippen MR) is 72.9 cm³/mol. The molecule has 2 rings (SSSR count). The first-order valence-corrected chi connectivity index (χ1v) is 6.82. The SMILES string of the molecule is COCc1cccc(OCCCC2CCCN2)c1. The molecule has 0 spiro atoms. The number of hydrogen-bond acceptors (Lipinski definition) is 3. The zero-order chi connectivity index (χ0) is 12.6. The van der Waals surface area contributed by atoms with Crippen LogP contribution in [0.15, 0.2) is 24.3 Å². The summed E-state index contributed by atoms with van der Waals surface area (Å²) in [5.41, 5.74) is 1.16. The summed E-state index contributed by atoms with van der Waals surface area (Å²) in [4.78, 5) is 0. The molecular weight excluding hydrogens is 226 g/mol. The average Bonchev–Trinajstić information content (AvgIpc) is 2.89. The molecule has 1 N–H and O–H groups in total. The quantitative estimate of drug-likeness (QED) is 0.754. The fourth-order valence-corrected chi connectivity index (χ4v) is 2.41. The van der Waals surface area contributed by atoms with Gasteiger partial charge in [-0.25, -0.2) is 0 Å². The molecule has 0 aliphatic carbocycles. The normalized spacial score (nSPS) is 19.1. The maximum absolute atomic E-state index is 5.77. The summed E-state index contributed by atoms with van der Waals surface area (Å²) in [6.07, 6.45) is 4.98. The molecule has 0 amide bonds. The Balaban J connectivity index is 1.67. The van der Waals surface area contributed by atoms with Crippen LogP contribution in [0.2, 0.25) is 0 Å². The van der Waals surface area contributed by atoms with Crippen LogP contribution in [0.4, 0.5) is 0 Å². The van der Waals surface area contributed by atoms with Gasteiger partial charge >= 0.3 is 0 Å². The molecule has 1 fully saturated rings. The second kappa shape index (κ2) is 7.39. The lowest BCUT2D eigenvalue weighted by Gasteiger charge is -2.11. The Morgan fingerprint density at radius 1 is 1.39 bits per heavy atom. The summed E-state index contributed by atoms with van der Waals surface area (Å²) < 4.78 is 10.9. The lowest BCUT2D eigenvalue weighted by molar-refractivity contribution is 0.184. The third-order valence-electron chi connectivity index (χ3n) is 3.34. The highest BCUT2D eigenvalue weighted by atomic mass is 16.5. The number of nitrogens with one attached hydrogen (secondary N) is 1. The predicted octanol–water partition coefficient (Wildman–Crippen LogP) is 2.74. The summed E-state index contributed by atoms with van der Waals surface area (Å²) >= 11 is 0. The lowest BCUT2D eigenvalue weighted by atomic mass is 10.1. The number of hydrogen-bond donors (Lipinski definition) is 1. The number of ether oxygens (including phenoxy) is 2. The molecule has 0 saturated carbocycles. The monoisotopic (exact) mass is 249 g/mol. The van der Waals surface area contributed by atoms with Crippen LogP contribution in [0.25, 0.3) is 0 Å². The molecule has 1 unspecified atom stereocenters. The molecule has 3 heteroatoms. The molecule has 0 aromatic heterocycles. The molecule has 0 bridgehead atoms. The van der Waals surface area contributed by atoms with Crippen LogP contribution >= 0.6 is 0 Å². The van der Waals surface area contributed by atoms with E-state index >= 15 is 0 Å². The number of methoxy groups -OCH3 is 1. The van der Waals surface area contributed by atoms with Crippen molar-refractivity contribution in [3.05, 3.63) is 29.8 Å². The highest BCUT2D eigenvalue weighted by molar-refractivity contribution is 5.28. The van der Waals surface area contributed by atoms with E-state index in [9.17, 15) is 0 Å². The van der Waals surface area contributed by atoms with Crippen molar-refractivity contribution in [1.82, 2.24) is 5.32 Å². The fraction of sp³-hybridized carbons (Fsp3) is 0.600. The van der Waals surface area contributed by atoms with Crippen molar-refractivity contribution in [2.45, 2.75) is 38.3 Å². The van der Waals surface area contributed by atoms with Gasteiger partial charge in [0.15, 0.2) is 0 Å². The summed E-state index contributed by atoms with van der Waals surface area (Å²) in [6.45, 7) is 2.63. The summed E-state index contributed by atoms with van der Waals surface area (Å²) in [5.74, 6) is 0.948. The van der Waals surface area contributed by atoms with Crippen molar-refractivity contribution in [2.75, 3.05) is 20.3 Å². The zero-order valence-corrected chi connectivity index (χ0v) is 11.2. The van der Waals surface area contributed by atoms with Crippen molar-refractivity contribution in [2.24, 2.45) is 0 Å². The third-order valence-corrected chi connectivity index (χ3v) is 3.34. The highest BCUT2D eigenvalue weighted by Gasteiger charge is 2.12. The van der Waals surface area contributed by atoms with Crippen LogP contribution in [-0.2, 0) is 11.3 Å². The van der Waals surface area contributed by atoms with Gasteiger partial charge in [0, 0.05) is 13.2 Å².